The molecule has 0 saturated carbocycles. The number of carbonyl (C=O) groups excluding carboxylic acids is 1. The fraction of sp³-hybridized carbons (Fsp3) is 0.444. The van der Waals surface area contributed by atoms with Crippen LogP contribution in [-0.4, -0.2) is 32.4 Å². The third-order valence-electron chi connectivity index (χ3n) is 3.93. The number of halogens is 1. The van der Waals surface area contributed by atoms with Crippen LogP contribution in [0.3, 0.4) is 0 Å². The van der Waals surface area contributed by atoms with Crippen LogP contribution < -0.4 is 0 Å². The van der Waals surface area contributed by atoms with Crippen LogP contribution in [-0.2, 0) is 17.8 Å². The standard InChI is InChI=1S/C18H22FN3O2/c1-12-10-22-15(11-21(12)17(23)24-18(2,3)4)9-16(20-22)13-5-7-14(19)8-6-13/h5-9,12H,10-11H2,1-4H3/t12-/m1/s1. The van der Waals surface area contributed by atoms with Gasteiger partial charge in [0.1, 0.15) is 11.4 Å². The zero-order valence-corrected chi connectivity index (χ0v) is 14.4. The summed E-state index contributed by atoms with van der Waals surface area (Å²) in [6.07, 6.45) is -0.314. The van der Waals surface area contributed by atoms with E-state index in [0.717, 1.165) is 17.0 Å². The number of nitrogens with zero attached hydrogens (tertiary/aromatic N) is 3. The molecule has 0 spiro atoms. The molecule has 0 N–H and O–H groups in total. The first kappa shape index (κ1) is 16.5. The van der Waals surface area contributed by atoms with E-state index in [0.29, 0.717) is 13.1 Å². The monoisotopic (exact) mass is 331 g/mol. The van der Waals surface area contributed by atoms with Crippen molar-refractivity contribution in [2.45, 2.75) is 52.4 Å². The molecular formula is C18H22FN3O2. The minimum Gasteiger partial charge on any atom is -0.444 e. The lowest BCUT2D eigenvalue weighted by molar-refractivity contribution is 0.00907. The SMILES string of the molecule is C[C@@H]1Cn2nc(-c3ccc(F)cc3)cc2CN1C(=O)OC(C)(C)C. The van der Waals surface area contributed by atoms with Gasteiger partial charge in [0, 0.05) is 5.56 Å². The van der Waals surface area contributed by atoms with Crippen molar-refractivity contribution in [3.05, 3.63) is 41.8 Å². The van der Waals surface area contributed by atoms with Gasteiger partial charge in [0.2, 0.25) is 0 Å². The molecule has 1 atom stereocenters. The van der Waals surface area contributed by atoms with E-state index >= 15 is 0 Å². The van der Waals surface area contributed by atoms with E-state index < -0.39 is 5.60 Å². The molecule has 0 aliphatic carbocycles. The maximum atomic E-state index is 13.1. The molecule has 0 saturated heterocycles. The molecule has 1 aliphatic heterocycles. The number of carbonyl (C=O) groups is 1. The quantitative estimate of drug-likeness (QED) is 0.798. The molecule has 1 aliphatic rings. The molecule has 0 radical (unpaired) electrons. The largest absolute Gasteiger partial charge is 0.444 e. The predicted molar refractivity (Wildman–Crippen MR) is 88.9 cm³/mol. The Bertz CT molecular complexity index is 747. The topological polar surface area (TPSA) is 47.4 Å². The molecule has 6 heteroatoms. The Morgan fingerprint density at radius 3 is 2.58 bits per heavy atom. The summed E-state index contributed by atoms with van der Waals surface area (Å²) in [7, 11) is 0. The number of hydrogen-bond acceptors (Lipinski definition) is 3. The van der Waals surface area contributed by atoms with Crippen molar-refractivity contribution in [3.8, 4) is 11.3 Å². The normalized spacial score (nSPS) is 17.5. The van der Waals surface area contributed by atoms with Gasteiger partial charge >= 0.3 is 6.09 Å². The average molecular weight is 331 g/mol. The van der Waals surface area contributed by atoms with Gasteiger partial charge in [-0.15, -0.1) is 0 Å². The number of ether oxygens (including phenoxy) is 1. The van der Waals surface area contributed by atoms with Crippen LogP contribution in [0.5, 0.6) is 0 Å². The van der Waals surface area contributed by atoms with Gasteiger partial charge in [-0.3, -0.25) is 9.58 Å². The highest BCUT2D eigenvalue weighted by molar-refractivity contribution is 5.69. The molecular weight excluding hydrogens is 309 g/mol. The summed E-state index contributed by atoms with van der Waals surface area (Å²) in [5.41, 5.74) is 2.06. The second kappa shape index (κ2) is 5.92. The third-order valence-corrected chi connectivity index (χ3v) is 3.93. The highest BCUT2D eigenvalue weighted by Crippen LogP contribution is 2.25. The van der Waals surface area contributed by atoms with Crippen molar-refractivity contribution < 1.29 is 13.9 Å². The van der Waals surface area contributed by atoms with Crippen molar-refractivity contribution in [2.24, 2.45) is 0 Å². The summed E-state index contributed by atoms with van der Waals surface area (Å²) in [5, 5.41) is 4.58. The van der Waals surface area contributed by atoms with E-state index in [4.69, 9.17) is 4.74 Å². The average Bonchev–Trinajstić information content (AvgIpc) is 2.88. The predicted octanol–water partition coefficient (Wildman–Crippen LogP) is 3.83. The highest BCUT2D eigenvalue weighted by Gasteiger charge is 2.31. The Morgan fingerprint density at radius 2 is 1.96 bits per heavy atom. The number of rotatable bonds is 1. The molecule has 0 bridgehead atoms. The molecule has 5 nitrogen and oxygen atoms in total. The Morgan fingerprint density at radius 1 is 1.29 bits per heavy atom. The van der Waals surface area contributed by atoms with Crippen molar-refractivity contribution in [1.82, 2.24) is 14.7 Å². The maximum absolute atomic E-state index is 13.1. The summed E-state index contributed by atoms with van der Waals surface area (Å²) in [6.45, 7) is 8.61. The first-order chi connectivity index (χ1) is 11.2. The first-order valence-corrected chi connectivity index (χ1v) is 8.05. The molecule has 1 aromatic carbocycles. The van der Waals surface area contributed by atoms with Crippen LogP contribution >= 0.6 is 0 Å². The Balaban J connectivity index is 1.82. The summed E-state index contributed by atoms with van der Waals surface area (Å²) < 4.78 is 20.5. The van der Waals surface area contributed by atoms with Crippen molar-refractivity contribution in [2.75, 3.05) is 0 Å². The lowest BCUT2D eigenvalue weighted by Gasteiger charge is -2.35. The van der Waals surface area contributed by atoms with E-state index in [-0.39, 0.29) is 18.0 Å². The first-order valence-electron chi connectivity index (χ1n) is 8.05. The number of hydrogen-bond donors (Lipinski definition) is 0. The van der Waals surface area contributed by atoms with E-state index in [9.17, 15) is 9.18 Å². The molecule has 128 valence electrons. The minimum atomic E-state index is -0.520. The minimum absolute atomic E-state index is 0.00619. The summed E-state index contributed by atoms with van der Waals surface area (Å²) in [4.78, 5) is 14.1. The van der Waals surface area contributed by atoms with E-state index in [1.807, 2.05) is 38.4 Å². The van der Waals surface area contributed by atoms with Gasteiger partial charge in [0.05, 0.1) is 30.5 Å². The van der Waals surface area contributed by atoms with Crippen LogP contribution in [0.15, 0.2) is 30.3 Å². The summed E-state index contributed by atoms with van der Waals surface area (Å²) in [5.74, 6) is -0.271. The molecule has 1 aromatic heterocycles. The molecule has 0 fully saturated rings. The van der Waals surface area contributed by atoms with Crippen LogP contribution in [0.1, 0.15) is 33.4 Å². The Hall–Kier alpha value is -2.37. The number of fused-ring (bicyclic) bond motifs is 1. The van der Waals surface area contributed by atoms with E-state index in [1.54, 1.807) is 17.0 Å². The van der Waals surface area contributed by atoms with Crippen LogP contribution in [0.25, 0.3) is 11.3 Å². The van der Waals surface area contributed by atoms with Gasteiger partial charge in [0.25, 0.3) is 0 Å². The van der Waals surface area contributed by atoms with Gasteiger partial charge in [0.15, 0.2) is 0 Å². The fourth-order valence-electron chi connectivity index (χ4n) is 2.75. The maximum Gasteiger partial charge on any atom is 0.410 e. The van der Waals surface area contributed by atoms with E-state index in [2.05, 4.69) is 5.10 Å². The lowest BCUT2D eigenvalue weighted by atomic mass is 10.1. The molecule has 24 heavy (non-hydrogen) atoms. The van der Waals surface area contributed by atoms with Crippen LogP contribution in [0, 0.1) is 5.82 Å². The van der Waals surface area contributed by atoms with Crippen molar-refractivity contribution in [1.29, 1.82) is 0 Å². The molecule has 2 aromatic rings. The zero-order valence-electron chi connectivity index (χ0n) is 14.4. The van der Waals surface area contributed by atoms with Crippen molar-refractivity contribution >= 4 is 6.09 Å². The van der Waals surface area contributed by atoms with Crippen molar-refractivity contribution in [3.63, 3.8) is 0 Å². The van der Waals surface area contributed by atoms with Gasteiger partial charge in [-0.05, 0) is 58.0 Å². The summed E-state index contributed by atoms with van der Waals surface area (Å²) >= 11 is 0. The molecule has 0 unspecified atom stereocenters. The second-order valence-corrected chi connectivity index (χ2v) is 7.17. The van der Waals surface area contributed by atoms with Crippen LogP contribution in [0.2, 0.25) is 0 Å². The van der Waals surface area contributed by atoms with Gasteiger partial charge in [-0.2, -0.15) is 5.10 Å². The number of benzene rings is 1. The molecule has 1 amide bonds. The third kappa shape index (κ3) is 3.42. The number of aromatic nitrogens is 2. The fourth-order valence-corrected chi connectivity index (χ4v) is 2.75. The molecule has 2 heterocycles. The Labute approximate surface area is 141 Å². The lowest BCUT2D eigenvalue weighted by Crippen LogP contribution is -2.46. The van der Waals surface area contributed by atoms with Gasteiger partial charge < -0.3 is 4.74 Å². The van der Waals surface area contributed by atoms with Crippen LogP contribution in [0.4, 0.5) is 9.18 Å². The molecule has 3 rings (SSSR count). The van der Waals surface area contributed by atoms with Gasteiger partial charge in [-0.1, -0.05) is 0 Å². The Kier molecular flexibility index (Phi) is 4.07. The summed E-state index contributed by atoms with van der Waals surface area (Å²) in [6, 6.07) is 8.19. The highest BCUT2D eigenvalue weighted by atomic mass is 19.1. The van der Waals surface area contributed by atoms with Gasteiger partial charge in [-0.25, -0.2) is 9.18 Å². The number of amides is 1. The smallest absolute Gasteiger partial charge is 0.410 e. The zero-order chi connectivity index (χ0) is 17.5. The van der Waals surface area contributed by atoms with E-state index in [1.165, 1.54) is 12.1 Å². The second-order valence-electron chi connectivity index (χ2n) is 7.17.